The molecule has 0 radical (unpaired) electrons. The van der Waals surface area contributed by atoms with Gasteiger partial charge in [0.25, 0.3) is 0 Å². The van der Waals surface area contributed by atoms with E-state index in [4.69, 9.17) is 0 Å². The molecule has 2 unspecified atom stereocenters. The summed E-state index contributed by atoms with van der Waals surface area (Å²) in [6.07, 6.45) is 2.39. The highest BCUT2D eigenvalue weighted by Crippen LogP contribution is 2.37. The fourth-order valence-electron chi connectivity index (χ4n) is 4.20. The van der Waals surface area contributed by atoms with Gasteiger partial charge in [-0.3, -0.25) is 10.4 Å². The predicted octanol–water partition coefficient (Wildman–Crippen LogP) is 3.40. The van der Waals surface area contributed by atoms with Gasteiger partial charge in [0.05, 0.1) is 17.3 Å². The van der Waals surface area contributed by atoms with Gasteiger partial charge in [0.2, 0.25) is 0 Å². The average molecular weight is 412 g/mol. The summed E-state index contributed by atoms with van der Waals surface area (Å²) >= 11 is 0. The summed E-state index contributed by atoms with van der Waals surface area (Å²) in [6, 6.07) is 9.52. The van der Waals surface area contributed by atoms with Crippen molar-refractivity contribution in [3.63, 3.8) is 0 Å². The Morgan fingerprint density at radius 1 is 1.07 bits per heavy atom. The molecule has 0 aromatic heterocycles. The molecular weight excluding hydrogens is 386 g/mol. The molecule has 3 aliphatic heterocycles. The first-order valence-corrected chi connectivity index (χ1v) is 10.2. The van der Waals surface area contributed by atoms with Gasteiger partial charge in [-0.1, -0.05) is 6.07 Å². The number of aliphatic imine (C=N–C) groups is 1. The van der Waals surface area contributed by atoms with Crippen LogP contribution in [-0.4, -0.2) is 37.7 Å². The highest BCUT2D eigenvalue weighted by Gasteiger charge is 2.36. The lowest BCUT2D eigenvalue weighted by Gasteiger charge is -2.22. The van der Waals surface area contributed by atoms with E-state index in [9.17, 15) is 8.78 Å². The van der Waals surface area contributed by atoms with Crippen LogP contribution < -0.4 is 21.4 Å². The summed E-state index contributed by atoms with van der Waals surface area (Å²) in [7, 11) is 1.50. The molecule has 5 rings (SSSR count). The van der Waals surface area contributed by atoms with Gasteiger partial charge in [-0.2, -0.15) is 5.10 Å². The first kappa shape index (κ1) is 20.3. The number of benzene rings is 2. The van der Waals surface area contributed by atoms with Crippen molar-refractivity contribution in [1.29, 1.82) is 0 Å². The third-order valence-corrected chi connectivity index (χ3v) is 5.69. The Labute approximate surface area is 174 Å². The maximum absolute atomic E-state index is 14.4. The zero-order chi connectivity index (χ0) is 21.3. The van der Waals surface area contributed by atoms with Gasteiger partial charge >= 0.3 is 0 Å². The smallest absolute Gasteiger partial charge is 0.139 e. The number of hydrazone groups is 1. The van der Waals surface area contributed by atoms with Crippen molar-refractivity contribution in [3.05, 3.63) is 59.2 Å². The molecule has 0 spiro atoms. The minimum absolute atomic E-state index is 0.141. The van der Waals surface area contributed by atoms with Crippen LogP contribution in [0.15, 0.2) is 46.5 Å². The summed E-state index contributed by atoms with van der Waals surface area (Å²) < 4.78 is 28.9. The highest BCUT2D eigenvalue weighted by atomic mass is 19.1. The number of nitrogens with zero attached hydrogens (tertiary/aromatic N) is 3. The van der Waals surface area contributed by atoms with Gasteiger partial charge in [-0.05, 0) is 57.1 Å². The summed E-state index contributed by atoms with van der Waals surface area (Å²) in [5.74, 6) is -1.09. The van der Waals surface area contributed by atoms with Crippen molar-refractivity contribution in [3.8, 4) is 0 Å². The van der Waals surface area contributed by atoms with Crippen LogP contribution in [0.4, 0.5) is 20.2 Å². The fraction of sp³-hybridized carbons (Fsp3) is 0.364. The van der Waals surface area contributed by atoms with Crippen molar-refractivity contribution in [2.45, 2.75) is 31.8 Å². The molecule has 8 heteroatoms. The number of nitrogens with one attached hydrogen (secondary N) is 2. The third-order valence-electron chi connectivity index (χ3n) is 5.69. The van der Waals surface area contributed by atoms with Crippen molar-refractivity contribution in [2.75, 3.05) is 30.4 Å². The summed E-state index contributed by atoms with van der Waals surface area (Å²) in [5, 5.41) is 7.53. The van der Waals surface area contributed by atoms with Crippen LogP contribution >= 0.6 is 0 Å². The second-order valence-corrected chi connectivity index (χ2v) is 7.47. The van der Waals surface area contributed by atoms with E-state index in [1.54, 1.807) is 0 Å². The number of amidine groups is 1. The zero-order valence-electron chi connectivity index (χ0n) is 17.1. The lowest BCUT2D eigenvalue weighted by atomic mass is 9.96. The minimum atomic E-state index is -0.638. The van der Waals surface area contributed by atoms with Gasteiger partial charge in [0.15, 0.2) is 0 Å². The molecular formula is C22H26F2N6. The van der Waals surface area contributed by atoms with Crippen molar-refractivity contribution in [1.82, 2.24) is 5.43 Å². The molecule has 2 atom stereocenters. The van der Waals surface area contributed by atoms with E-state index < -0.39 is 11.6 Å². The van der Waals surface area contributed by atoms with Crippen LogP contribution in [0.5, 0.6) is 0 Å². The molecule has 2 aromatic rings. The quantitative estimate of drug-likeness (QED) is 0.707. The lowest BCUT2D eigenvalue weighted by Crippen LogP contribution is -2.25. The van der Waals surface area contributed by atoms with Gasteiger partial charge in [-0.15, -0.1) is 0 Å². The monoisotopic (exact) mass is 412 g/mol. The van der Waals surface area contributed by atoms with E-state index in [0.29, 0.717) is 0 Å². The van der Waals surface area contributed by atoms with Gasteiger partial charge in [0, 0.05) is 30.0 Å². The van der Waals surface area contributed by atoms with E-state index in [0.717, 1.165) is 35.7 Å². The van der Waals surface area contributed by atoms with Gasteiger partial charge in [0.1, 0.15) is 23.5 Å². The highest BCUT2D eigenvalue weighted by molar-refractivity contribution is 6.11. The minimum Gasteiger partial charge on any atom is -0.372 e. The van der Waals surface area contributed by atoms with Gasteiger partial charge in [-0.25, -0.2) is 8.78 Å². The van der Waals surface area contributed by atoms with E-state index in [-0.39, 0.29) is 23.5 Å². The Kier molecular flexibility index (Phi) is 5.67. The van der Waals surface area contributed by atoms with Crippen LogP contribution in [0.3, 0.4) is 0 Å². The average Bonchev–Trinajstić information content (AvgIpc) is 3.37. The molecule has 0 bridgehead atoms. The maximum Gasteiger partial charge on any atom is 0.139 e. The van der Waals surface area contributed by atoms with E-state index in [1.807, 2.05) is 13.0 Å². The Morgan fingerprint density at radius 3 is 2.47 bits per heavy atom. The first-order valence-electron chi connectivity index (χ1n) is 10.2. The molecule has 4 N–H and O–H groups in total. The largest absolute Gasteiger partial charge is 0.372 e. The first-order chi connectivity index (χ1) is 14.6. The van der Waals surface area contributed by atoms with E-state index in [1.165, 1.54) is 38.1 Å². The SMILES string of the molecule is CC1=NNC2c3cc(N4CCCC4)ccc3NC(c3c(F)cccc3F)=NC12.CN. The Morgan fingerprint density at radius 2 is 1.77 bits per heavy atom. The molecule has 2 aromatic carbocycles. The fourth-order valence-corrected chi connectivity index (χ4v) is 4.20. The number of nitrogens with two attached hydrogens (primary N) is 1. The number of rotatable bonds is 2. The Hall–Kier alpha value is -3.00. The molecule has 0 saturated carbocycles. The molecule has 3 aliphatic rings. The predicted molar refractivity (Wildman–Crippen MR) is 117 cm³/mol. The van der Waals surface area contributed by atoms with Crippen LogP contribution in [-0.2, 0) is 0 Å². The topological polar surface area (TPSA) is 78.0 Å². The van der Waals surface area contributed by atoms with Crippen molar-refractivity contribution >= 4 is 22.9 Å². The summed E-state index contributed by atoms with van der Waals surface area (Å²) in [4.78, 5) is 7.03. The molecule has 158 valence electrons. The Balaban J connectivity index is 0.00000106. The second kappa shape index (κ2) is 8.39. The lowest BCUT2D eigenvalue weighted by molar-refractivity contribution is 0.569. The number of fused-ring (bicyclic) bond motifs is 3. The van der Waals surface area contributed by atoms with Crippen molar-refractivity contribution in [2.24, 2.45) is 15.8 Å². The molecule has 1 saturated heterocycles. The standard InChI is InChI=1S/C21H21F2N5.CH5N/c1-12-19-20(27-26-12)14-11-13(28-9-2-3-10-28)7-8-17(14)24-21(25-19)18-15(22)5-4-6-16(18)23;1-2/h4-8,11,19-20,27H,2-3,9-10H2,1H3,(H,24,25);2H2,1H3. The summed E-state index contributed by atoms with van der Waals surface area (Å²) in [6.45, 7) is 3.97. The van der Waals surface area contributed by atoms with Crippen LogP contribution in [0, 0.1) is 11.6 Å². The number of anilines is 2. The number of hydrogen-bond donors (Lipinski definition) is 3. The van der Waals surface area contributed by atoms with E-state index in [2.05, 4.69) is 43.6 Å². The van der Waals surface area contributed by atoms with Crippen LogP contribution in [0.2, 0.25) is 0 Å². The zero-order valence-corrected chi connectivity index (χ0v) is 17.1. The molecule has 6 nitrogen and oxygen atoms in total. The summed E-state index contributed by atoms with van der Waals surface area (Å²) in [5.41, 5.74) is 11.3. The third kappa shape index (κ3) is 3.52. The van der Waals surface area contributed by atoms with Crippen LogP contribution in [0.1, 0.15) is 36.9 Å². The van der Waals surface area contributed by atoms with Crippen LogP contribution in [0.25, 0.3) is 0 Å². The Bertz CT molecular complexity index is 977. The molecule has 30 heavy (non-hydrogen) atoms. The van der Waals surface area contributed by atoms with E-state index >= 15 is 0 Å². The number of hydrogen-bond acceptors (Lipinski definition) is 6. The van der Waals surface area contributed by atoms with Crippen molar-refractivity contribution < 1.29 is 8.78 Å². The maximum atomic E-state index is 14.4. The normalized spacial score (nSPS) is 21.8. The molecule has 0 amide bonds. The van der Waals surface area contributed by atoms with Gasteiger partial charge < -0.3 is 16.0 Å². The number of halogens is 2. The molecule has 0 aliphatic carbocycles. The molecule has 3 heterocycles. The second-order valence-electron chi connectivity index (χ2n) is 7.47. The molecule has 1 fully saturated rings.